The molecule has 4 rings (SSSR count). The number of halogens is 2. The number of rotatable bonds is 7. The summed E-state index contributed by atoms with van der Waals surface area (Å²) in [6.07, 6.45) is -0.930. The number of likely N-dealkylation sites (N-methyl/N-ethyl adjacent to an activating group) is 1. The van der Waals surface area contributed by atoms with Crippen molar-refractivity contribution in [1.29, 1.82) is 0 Å². The molecule has 1 aliphatic rings. The molecule has 3 aromatic rings. The molecule has 1 unspecified atom stereocenters. The fourth-order valence-electron chi connectivity index (χ4n) is 3.88. The first-order chi connectivity index (χ1) is 17.0. The summed E-state index contributed by atoms with van der Waals surface area (Å²) in [4.78, 5) is 31.4. The van der Waals surface area contributed by atoms with Crippen molar-refractivity contribution < 1.29 is 31.9 Å². The smallest absolute Gasteiger partial charge is 0.330 e. The molecule has 1 aliphatic heterocycles. The van der Waals surface area contributed by atoms with Crippen LogP contribution in [-0.4, -0.2) is 67.0 Å². The molecule has 192 valence electrons. The lowest BCUT2D eigenvalue weighted by molar-refractivity contribution is -0.120. The highest BCUT2D eigenvalue weighted by Crippen LogP contribution is 2.24. The van der Waals surface area contributed by atoms with Gasteiger partial charge in [0.25, 0.3) is 0 Å². The van der Waals surface area contributed by atoms with Crippen molar-refractivity contribution in [2.24, 2.45) is 0 Å². The Balaban J connectivity index is 1.56. The summed E-state index contributed by atoms with van der Waals surface area (Å²) < 4.78 is 56.1. The normalized spacial score (nSPS) is 17.2. The van der Waals surface area contributed by atoms with Crippen molar-refractivity contribution in [2.45, 2.75) is 25.0 Å². The first kappa shape index (κ1) is 25.9. The van der Waals surface area contributed by atoms with Gasteiger partial charge in [-0.25, -0.2) is 23.3 Å². The van der Waals surface area contributed by atoms with Gasteiger partial charge in [0.1, 0.15) is 17.7 Å². The third-order valence-corrected chi connectivity index (χ3v) is 7.95. The summed E-state index contributed by atoms with van der Waals surface area (Å²) in [5.41, 5.74) is 2.85. The summed E-state index contributed by atoms with van der Waals surface area (Å²) in [5, 5.41) is 11.9. The third kappa shape index (κ3) is 5.95. The monoisotopic (exact) mass is 539 g/mol. The molecule has 1 saturated heterocycles. The van der Waals surface area contributed by atoms with Crippen LogP contribution in [0.2, 0.25) is 0 Å². The van der Waals surface area contributed by atoms with E-state index in [0.29, 0.717) is 17.3 Å². The zero-order valence-corrected chi connectivity index (χ0v) is 20.7. The number of nitrogens with one attached hydrogen (secondary N) is 2. The van der Waals surface area contributed by atoms with Crippen LogP contribution < -0.4 is 14.9 Å². The van der Waals surface area contributed by atoms with Crippen molar-refractivity contribution in [3.8, 4) is 0 Å². The van der Waals surface area contributed by atoms with Crippen LogP contribution in [0.25, 0.3) is 10.2 Å². The molecule has 0 saturated carbocycles. The van der Waals surface area contributed by atoms with Crippen molar-refractivity contribution in [1.82, 2.24) is 19.3 Å². The third-order valence-electron chi connectivity index (χ3n) is 5.69. The molecule has 1 aromatic heterocycles. The number of hydrogen-bond acceptors (Lipinski definition) is 7. The van der Waals surface area contributed by atoms with E-state index < -0.39 is 45.9 Å². The maximum atomic E-state index is 13.8. The Morgan fingerprint density at radius 1 is 1.25 bits per heavy atom. The van der Waals surface area contributed by atoms with Gasteiger partial charge < -0.3 is 15.3 Å². The summed E-state index contributed by atoms with van der Waals surface area (Å²) in [5.74, 6) is -2.38. The van der Waals surface area contributed by atoms with Crippen LogP contribution in [0.1, 0.15) is 12.0 Å². The molecule has 2 heterocycles. The summed E-state index contributed by atoms with van der Waals surface area (Å²) in [7, 11) is -2.83. The number of benzene rings is 2. The summed E-state index contributed by atoms with van der Waals surface area (Å²) >= 11 is 1.42. The van der Waals surface area contributed by atoms with Crippen molar-refractivity contribution in [2.75, 3.05) is 25.0 Å². The number of urea groups is 1. The fourth-order valence-corrected chi connectivity index (χ4v) is 5.67. The number of carbonyl (C=O) groups is 2. The van der Waals surface area contributed by atoms with Crippen molar-refractivity contribution in [3.05, 3.63) is 59.1 Å². The van der Waals surface area contributed by atoms with E-state index in [4.69, 9.17) is 0 Å². The van der Waals surface area contributed by atoms with E-state index in [0.717, 1.165) is 21.1 Å². The molecular weight excluding hydrogens is 516 g/mol. The van der Waals surface area contributed by atoms with Gasteiger partial charge >= 0.3 is 16.2 Å². The number of aliphatic hydroxyl groups excluding tert-OH is 1. The van der Waals surface area contributed by atoms with Crippen LogP contribution in [0.15, 0.2) is 41.9 Å². The standard InChI is InChI=1S/C22H23F2N5O5S2/c1-28(16-2-3-20-18(10-16)25-12-35-20)21(31)19(8-13-6-14(23)9-15(24)7-13)26-22(32)27-36(33,34)29-5-4-17(30)11-29/h2-3,6-7,9-10,12,17,19,30H,4-5,8,11H2,1H3,(H2,26,27,32)/t17-,19?/m0/s1. The van der Waals surface area contributed by atoms with Crippen molar-refractivity contribution >= 4 is 49.4 Å². The van der Waals surface area contributed by atoms with Crippen LogP contribution in [0.5, 0.6) is 0 Å². The topological polar surface area (TPSA) is 132 Å². The van der Waals surface area contributed by atoms with E-state index >= 15 is 0 Å². The lowest BCUT2D eigenvalue weighted by Crippen LogP contribution is -2.54. The van der Waals surface area contributed by atoms with Crippen LogP contribution in [0, 0.1) is 11.6 Å². The highest BCUT2D eigenvalue weighted by Gasteiger charge is 2.33. The van der Waals surface area contributed by atoms with Gasteiger partial charge in [0.05, 0.1) is 21.8 Å². The maximum absolute atomic E-state index is 13.8. The molecule has 0 aliphatic carbocycles. The number of amides is 3. The zero-order valence-electron chi connectivity index (χ0n) is 19.0. The van der Waals surface area contributed by atoms with E-state index in [1.807, 2.05) is 4.72 Å². The fraction of sp³-hybridized carbons (Fsp3) is 0.318. The molecule has 0 bridgehead atoms. The molecule has 14 heteroatoms. The second-order valence-electron chi connectivity index (χ2n) is 8.32. The minimum atomic E-state index is -4.28. The number of β-amino-alcohol motifs (C(OH)–C–C–N with tert-alkyl or cyclic N) is 1. The van der Waals surface area contributed by atoms with E-state index in [2.05, 4.69) is 10.3 Å². The van der Waals surface area contributed by atoms with Gasteiger partial charge in [-0.15, -0.1) is 11.3 Å². The van der Waals surface area contributed by atoms with Crippen LogP contribution in [0.4, 0.5) is 19.3 Å². The van der Waals surface area contributed by atoms with Gasteiger partial charge in [0.2, 0.25) is 5.91 Å². The number of hydrogen-bond donors (Lipinski definition) is 3. The number of fused-ring (bicyclic) bond motifs is 1. The molecule has 3 amide bonds. The van der Waals surface area contributed by atoms with Gasteiger partial charge in [0, 0.05) is 38.3 Å². The second kappa shape index (κ2) is 10.4. The SMILES string of the molecule is CN(C(=O)C(Cc1cc(F)cc(F)c1)NC(=O)NS(=O)(=O)N1CC[C@H](O)C1)c1ccc2scnc2c1. The molecular formula is C22H23F2N5O5S2. The number of carbonyl (C=O) groups excluding carboxylic acids is 2. The molecule has 0 radical (unpaired) electrons. The highest BCUT2D eigenvalue weighted by molar-refractivity contribution is 7.87. The van der Waals surface area contributed by atoms with Crippen LogP contribution in [0.3, 0.4) is 0 Å². The molecule has 2 atom stereocenters. The lowest BCUT2D eigenvalue weighted by atomic mass is 10.0. The van der Waals surface area contributed by atoms with E-state index in [9.17, 15) is 31.9 Å². The molecule has 10 nitrogen and oxygen atoms in total. The summed E-state index contributed by atoms with van der Waals surface area (Å²) in [6, 6.07) is 5.27. The number of aromatic nitrogens is 1. The minimum absolute atomic E-state index is 0.0243. The van der Waals surface area contributed by atoms with E-state index in [1.54, 1.807) is 23.7 Å². The number of nitrogens with zero attached hydrogens (tertiary/aromatic N) is 3. The number of anilines is 1. The Bertz CT molecular complexity index is 1380. The summed E-state index contributed by atoms with van der Waals surface area (Å²) in [6.45, 7) is -0.147. The predicted molar refractivity (Wildman–Crippen MR) is 130 cm³/mol. The van der Waals surface area contributed by atoms with Gasteiger partial charge in [-0.05, 0) is 42.3 Å². The average Bonchev–Trinajstić information content (AvgIpc) is 3.45. The van der Waals surface area contributed by atoms with Crippen LogP contribution in [-0.2, 0) is 21.4 Å². The molecule has 1 fully saturated rings. The van der Waals surface area contributed by atoms with Gasteiger partial charge in [-0.2, -0.15) is 12.7 Å². The largest absolute Gasteiger partial charge is 0.392 e. The van der Waals surface area contributed by atoms with E-state index in [1.165, 1.54) is 23.3 Å². The Kier molecular flexibility index (Phi) is 7.49. The van der Waals surface area contributed by atoms with Crippen molar-refractivity contribution in [3.63, 3.8) is 0 Å². The first-order valence-electron chi connectivity index (χ1n) is 10.8. The first-order valence-corrected chi connectivity index (χ1v) is 13.2. The molecule has 36 heavy (non-hydrogen) atoms. The number of thiazole rings is 1. The highest BCUT2D eigenvalue weighted by atomic mass is 32.2. The molecule has 2 aromatic carbocycles. The molecule has 0 spiro atoms. The van der Waals surface area contributed by atoms with E-state index in [-0.39, 0.29) is 31.5 Å². The molecule has 3 N–H and O–H groups in total. The van der Waals surface area contributed by atoms with Crippen LogP contribution >= 0.6 is 11.3 Å². The minimum Gasteiger partial charge on any atom is -0.392 e. The Morgan fingerprint density at radius 3 is 2.64 bits per heavy atom. The van der Waals surface area contributed by atoms with Gasteiger partial charge in [0.15, 0.2) is 0 Å². The Labute approximate surface area is 209 Å². The maximum Gasteiger partial charge on any atom is 0.330 e. The van der Waals surface area contributed by atoms with Gasteiger partial charge in [-0.1, -0.05) is 0 Å². The zero-order chi connectivity index (χ0) is 26.0. The quantitative estimate of drug-likeness (QED) is 0.419. The predicted octanol–water partition coefficient (Wildman–Crippen LogP) is 1.76. The second-order valence-corrected chi connectivity index (χ2v) is 10.9. The Hall–Kier alpha value is -3.20. The number of aliphatic hydroxyl groups is 1. The average molecular weight is 540 g/mol. The Morgan fingerprint density at radius 2 is 1.97 bits per heavy atom. The van der Waals surface area contributed by atoms with Gasteiger partial charge in [-0.3, -0.25) is 4.79 Å². The lowest BCUT2D eigenvalue weighted by Gasteiger charge is -2.25.